The molecule has 0 atom stereocenters. The van der Waals surface area contributed by atoms with Crippen molar-refractivity contribution in [2.75, 3.05) is 19.5 Å². The predicted octanol–water partition coefficient (Wildman–Crippen LogP) is 3.26. The van der Waals surface area contributed by atoms with Gasteiger partial charge in [0, 0.05) is 11.3 Å². The van der Waals surface area contributed by atoms with Crippen molar-refractivity contribution in [2.24, 2.45) is 0 Å². The first-order valence-corrected chi connectivity index (χ1v) is 7.87. The molecule has 25 heavy (non-hydrogen) atoms. The van der Waals surface area contributed by atoms with Gasteiger partial charge in [-0.3, -0.25) is 10.1 Å². The van der Waals surface area contributed by atoms with Crippen LogP contribution in [0.15, 0.2) is 42.5 Å². The highest BCUT2D eigenvalue weighted by Gasteiger charge is 2.11. The zero-order valence-corrected chi connectivity index (χ0v) is 15.0. The van der Waals surface area contributed by atoms with E-state index in [1.165, 1.54) is 38.5 Å². The van der Waals surface area contributed by atoms with Gasteiger partial charge in [0.05, 0.1) is 24.8 Å². The standard InChI is InChI=1S/C17H15ClN2O4S/c1-23-14-8-7-12(9-13(14)18)19-17(25)20-15(21)10-3-5-11(6-4-10)16(22)24-2/h3-9H,1-2H3,(H2,19,20,21,25). The lowest BCUT2D eigenvalue weighted by molar-refractivity contribution is 0.0600. The number of anilines is 1. The van der Waals surface area contributed by atoms with E-state index in [-0.39, 0.29) is 5.11 Å². The number of esters is 1. The van der Waals surface area contributed by atoms with E-state index in [0.29, 0.717) is 27.6 Å². The number of ether oxygens (including phenoxy) is 2. The number of halogens is 1. The number of benzene rings is 2. The van der Waals surface area contributed by atoms with Crippen LogP contribution in [0, 0.1) is 0 Å². The fourth-order valence-corrected chi connectivity index (χ4v) is 2.43. The molecule has 0 aliphatic heterocycles. The van der Waals surface area contributed by atoms with Crippen molar-refractivity contribution in [3.63, 3.8) is 0 Å². The van der Waals surface area contributed by atoms with Crippen LogP contribution in [0.4, 0.5) is 5.69 Å². The summed E-state index contributed by atoms with van der Waals surface area (Å²) in [6.45, 7) is 0. The lowest BCUT2D eigenvalue weighted by Crippen LogP contribution is -2.34. The molecule has 6 nitrogen and oxygen atoms in total. The third-order valence-electron chi connectivity index (χ3n) is 3.20. The van der Waals surface area contributed by atoms with E-state index in [1.54, 1.807) is 18.2 Å². The topological polar surface area (TPSA) is 76.7 Å². The van der Waals surface area contributed by atoms with Crippen molar-refractivity contribution in [2.45, 2.75) is 0 Å². The summed E-state index contributed by atoms with van der Waals surface area (Å²) < 4.78 is 9.67. The van der Waals surface area contributed by atoms with E-state index in [1.807, 2.05) is 0 Å². The number of carbonyl (C=O) groups excluding carboxylic acids is 2. The number of nitrogens with one attached hydrogen (secondary N) is 2. The van der Waals surface area contributed by atoms with Crippen LogP contribution in [0.5, 0.6) is 5.75 Å². The van der Waals surface area contributed by atoms with Crippen molar-refractivity contribution in [3.8, 4) is 5.75 Å². The van der Waals surface area contributed by atoms with Gasteiger partial charge in [-0.15, -0.1) is 0 Å². The van der Waals surface area contributed by atoms with Crippen LogP contribution in [0.1, 0.15) is 20.7 Å². The SMILES string of the molecule is COC(=O)c1ccc(C(=O)NC(=S)Nc2ccc(OC)c(Cl)c2)cc1. The van der Waals surface area contributed by atoms with E-state index in [9.17, 15) is 9.59 Å². The normalized spacial score (nSPS) is 9.88. The number of amides is 1. The Balaban J connectivity index is 1.99. The van der Waals surface area contributed by atoms with E-state index in [2.05, 4.69) is 15.4 Å². The number of hydrogen-bond donors (Lipinski definition) is 2. The van der Waals surface area contributed by atoms with Crippen LogP contribution >= 0.6 is 23.8 Å². The molecule has 0 saturated heterocycles. The smallest absolute Gasteiger partial charge is 0.337 e. The van der Waals surface area contributed by atoms with Gasteiger partial charge in [0.25, 0.3) is 5.91 Å². The van der Waals surface area contributed by atoms with E-state index < -0.39 is 11.9 Å². The molecule has 0 aliphatic rings. The fourth-order valence-electron chi connectivity index (χ4n) is 1.96. The van der Waals surface area contributed by atoms with Crippen LogP contribution in [0.3, 0.4) is 0 Å². The van der Waals surface area contributed by atoms with Gasteiger partial charge in [-0.25, -0.2) is 4.79 Å². The third-order valence-corrected chi connectivity index (χ3v) is 3.70. The maximum Gasteiger partial charge on any atom is 0.337 e. The quantitative estimate of drug-likeness (QED) is 0.628. The van der Waals surface area contributed by atoms with Crippen molar-refractivity contribution in [1.82, 2.24) is 5.32 Å². The van der Waals surface area contributed by atoms with Crippen LogP contribution in [-0.4, -0.2) is 31.2 Å². The van der Waals surface area contributed by atoms with Gasteiger partial charge < -0.3 is 14.8 Å². The molecule has 130 valence electrons. The summed E-state index contributed by atoms with van der Waals surface area (Å²) in [6.07, 6.45) is 0. The Bertz CT molecular complexity index is 809. The summed E-state index contributed by atoms with van der Waals surface area (Å²) in [5, 5.41) is 5.94. The summed E-state index contributed by atoms with van der Waals surface area (Å²) in [4.78, 5) is 23.5. The maximum absolute atomic E-state index is 12.2. The average molecular weight is 379 g/mol. The lowest BCUT2D eigenvalue weighted by Gasteiger charge is -2.11. The van der Waals surface area contributed by atoms with Crippen LogP contribution < -0.4 is 15.4 Å². The van der Waals surface area contributed by atoms with E-state index >= 15 is 0 Å². The molecule has 0 spiro atoms. The Morgan fingerprint density at radius 1 is 1.04 bits per heavy atom. The Labute approximate surface area is 155 Å². The van der Waals surface area contributed by atoms with Gasteiger partial charge in [-0.05, 0) is 54.7 Å². The molecular weight excluding hydrogens is 364 g/mol. The summed E-state index contributed by atoms with van der Waals surface area (Å²) in [6, 6.07) is 11.0. The molecule has 0 aromatic heterocycles. The van der Waals surface area contributed by atoms with Gasteiger partial charge in [0.15, 0.2) is 5.11 Å². The Morgan fingerprint density at radius 3 is 2.24 bits per heavy atom. The minimum Gasteiger partial charge on any atom is -0.495 e. The number of carbonyl (C=O) groups is 2. The molecule has 0 heterocycles. The molecule has 0 saturated carbocycles. The molecule has 0 bridgehead atoms. The molecule has 8 heteroatoms. The van der Waals surface area contributed by atoms with Crippen LogP contribution in [0.2, 0.25) is 5.02 Å². The molecule has 2 N–H and O–H groups in total. The predicted molar refractivity (Wildman–Crippen MR) is 99.5 cm³/mol. The monoisotopic (exact) mass is 378 g/mol. The first kappa shape index (κ1) is 18.7. The largest absolute Gasteiger partial charge is 0.495 e. The van der Waals surface area contributed by atoms with Gasteiger partial charge in [0.2, 0.25) is 0 Å². The Kier molecular flexibility index (Phi) is 6.32. The zero-order chi connectivity index (χ0) is 18.4. The Morgan fingerprint density at radius 2 is 1.68 bits per heavy atom. The zero-order valence-electron chi connectivity index (χ0n) is 13.5. The highest BCUT2D eigenvalue weighted by atomic mass is 35.5. The number of thiocarbonyl (C=S) groups is 1. The van der Waals surface area contributed by atoms with Crippen molar-refractivity contribution in [3.05, 3.63) is 58.6 Å². The summed E-state index contributed by atoms with van der Waals surface area (Å²) in [7, 11) is 2.81. The minimum atomic E-state index is -0.472. The highest BCUT2D eigenvalue weighted by Crippen LogP contribution is 2.27. The lowest BCUT2D eigenvalue weighted by atomic mass is 10.1. The maximum atomic E-state index is 12.2. The molecule has 0 unspecified atom stereocenters. The minimum absolute atomic E-state index is 0.114. The summed E-state index contributed by atoms with van der Waals surface area (Å²) >= 11 is 11.1. The number of hydrogen-bond acceptors (Lipinski definition) is 5. The van der Waals surface area contributed by atoms with Gasteiger partial charge >= 0.3 is 5.97 Å². The molecule has 2 rings (SSSR count). The first-order valence-electron chi connectivity index (χ1n) is 7.09. The van der Waals surface area contributed by atoms with Crippen LogP contribution in [0.25, 0.3) is 0 Å². The number of methoxy groups -OCH3 is 2. The fraction of sp³-hybridized carbons (Fsp3) is 0.118. The average Bonchev–Trinajstić information content (AvgIpc) is 2.61. The second kappa shape index (κ2) is 8.46. The summed E-state index contributed by atoms with van der Waals surface area (Å²) in [5.41, 5.74) is 1.31. The highest BCUT2D eigenvalue weighted by molar-refractivity contribution is 7.80. The molecule has 0 fully saturated rings. The van der Waals surface area contributed by atoms with Gasteiger partial charge in [-0.2, -0.15) is 0 Å². The molecule has 0 radical (unpaired) electrons. The second-order valence-corrected chi connectivity index (χ2v) is 5.64. The number of rotatable bonds is 4. The van der Waals surface area contributed by atoms with Gasteiger partial charge in [-0.1, -0.05) is 11.6 Å². The van der Waals surface area contributed by atoms with Crippen molar-refractivity contribution in [1.29, 1.82) is 0 Å². The Hall–Kier alpha value is -2.64. The first-order chi connectivity index (χ1) is 11.9. The molecule has 2 aromatic carbocycles. The van der Waals surface area contributed by atoms with Crippen molar-refractivity contribution < 1.29 is 19.1 Å². The van der Waals surface area contributed by atoms with Gasteiger partial charge in [0.1, 0.15) is 5.75 Å². The molecule has 1 amide bonds. The van der Waals surface area contributed by atoms with E-state index in [4.69, 9.17) is 28.6 Å². The van der Waals surface area contributed by atoms with Crippen molar-refractivity contribution >= 4 is 46.5 Å². The molecular formula is C17H15ClN2O4S. The summed E-state index contributed by atoms with van der Waals surface area (Å²) in [5.74, 6) is -0.345. The molecule has 0 aliphatic carbocycles. The van der Waals surface area contributed by atoms with E-state index in [0.717, 1.165) is 0 Å². The second-order valence-electron chi connectivity index (χ2n) is 4.83. The third kappa shape index (κ3) is 4.91. The molecule has 2 aromatic rings. The van der Waals surface area contributed by atoms with Crippen LogP contribution in [-0.2, 0) is 4.74 Å².